The van der Waals surface area contributed by atoms with Crippen molar-refractivity contribution in [2.75, 3.05) is 20.8 Å². The van der Waals surface area contributed by atoms with E-state index in [1.54, 1.807) is 26.4 Å². The monoisotopic (exact) mass is 327 g/mol. The first kappa shape index (κ1) is 16.2. The Kier molecular flexibility index (Phi) is 4.89. The van der Waals surface area contributed by atoms with Crippen LogP contribution in [0.5, 0.6) is 17.2 Å². The lowest BCUT2D eigenvalue weighted by Crippen LogP contribution is -2.30. The molecule has 24 heavy (non-hydrogen) atoms. The van der Waals surface area contributed by atoms with Crippen molar-refractivity contribution in [2.45, 2.75) is 18.8 Å². The maximum absolute atomic E-state index is 11.9. The highest BCUT2D eigenvalue weighted by molar-refractivity contribution is 5.70. The summed E-state index contributed by atoms with van der Waals surface area (Å²) in [5, 5.41) is 2.85. The van der Waals surface area contributed by atoms with E-state index < -0.39 is 6.09 Å². The van der Waals surface area contributed by atoms with Crippen molar-refractivity contribution in [3.63, 3.8) is 0 Å². The van der Waals surface area contributed by atoms with Crippen LogP contribution < -0.4 is 19.5 Å². The average molecular weight is 327 g/mol. The first-order valence-electron chi connectivity index (χ1n) is 7.96. The second kappa shape index (κ2) is 7.25. The molecule has 0 aliphatic heterocycles. The van der Waals surface area contributed by atoms with Gasteiger partial charge in [0, 0.05) is 12.5 Å². The van der Waals surface area contributed by atoms with Crippen LogP contribution >= 0.6 is 0 Å². The van der Waals surface area contributed by atoms with Gasteiger partial charge >= 0.3 is 6.09 Å². The molecular weight excluding hydrogens is 306 g/mol. The van der Waals surface area contributed by atoms with Gasteiger partial charge in [-0.2, -0.15) is 0 Å². The molecule has 1 atom stereocenters. The largest absolute Gasteiger partial charge is 0.493 e. The van der Waals surface area contributed by atoms with Crippen LogP contribution in [0.3, 0.4) is 0 Å². The quantitative estimate of drug-likeness (QED) is 0.913. The van der Waals surface area contributed by atoms with Gasteiger partial charge in [-0.25, -0.2) is 4.79 Å². The highest BCUT2D eigenvalue weighted by Gasteiger charge is 2.25. The van der Waals surface area contributed by atoms with Crippen molar-refractivity contribution >= 4 is 6.09 Å². The first-order valence-corrected chi connectivity index (χ1v) is 7.96. The minimum atomic E-state index is -0.435. The fourth-order valence-corrected chi connectivity index (χ4v) is 3.07. The minimum Gasteiger partial charge on any atom is -0.493 e. The van der Waals surface area contributed by atoms with Gasteiger partial charge in [0.05, 0.1) is 14.2 Å². The number of benzene rings is 2. The lowest BCUT2D eigenvalue weighted by molar-refractivity contribution is 0.199. The molecule has 5 nitrogen and oxygen atoms in total. The molecule has 0 saturated carbocycles. The third-order valence-corrected chi connectivity index (χ3v) is 4.29. The van der Waals surface area contributed by atoms with Crippen LogP contribution in [0, 0.1) is 0 Å². The number of rotatable bonds is 5. The van der Waals surface area contributed by atoms with Crippen LogP contribution in [0.1, 0.15) is 23.5 Å². The molecule has 0 fully saturated rings. The topological polar surface area (TPSA) is 56.8 Å². The fourth-order valence-electron chi connectivity index (χ4n) is 3.07. The highest BCUT2D eigenvalue weighted by atomic mass is 16.6. The summed E-state index contributed by atoms with van der Waals surface area (Å²) in [4.78, 5) is 11.9. The van der Waals surface area contributed by atoms with Gasteiger partial charge in [0.2, 0.25) is 0 Å². The number of para-hydroxylation sites is 1. The van der Waals surface area contributed by atoms with Crippen LogP contribution in [0.25, 0.3) is 0 Å². The van der Waals surface area contributed by atoms with Crippen LogP contribution in [-0.2, 0) is 6.42 Å². The number of ether oxygens (including phenoxy) is 3. The number of aryl methyl sites for hydroxylation is 1. The van der Waals surface area contributed by atoms with E-state index >= 15 is 0 Å². The van der Waals surface area contributed by atoms with Crippen LogP contribution in [-0.4, -0.2) is 26.9 Å². The van der Waals surface area contributed by atoms with E-state index in [0.717, 1.165) is 24.3 Å². The standard InChI is InChI=1S/C19H21NO4/c1-22-17-10-13-8-9-14(16(13)11-18(17)23-2)12-20-19(21)24-15-6-4-3-5-7-15/h3-7,10-11,14H,8-9,12H2,1-2H3,(H,20,21). The number of nitrogens with one attached hydrogen (secondary N) is 1. The normalized spacial score (nSPS) is 15.5. The summed E-state index contributed by atoms with van der Waals surface area (Å²) in [6.07, 6.45) is 1.52. The SMILES string of the molecule is COc1cc2c(cc1OC)C(CNC(=O)Oc1ccccc1)CC2. The number of methoxy groups -OCH3 is 2. The molecule has 1 unspecified atom stereocenters. The zero-order valence-electron chi connectivity index (χ0n) is 13.9. The second-order valence-corrected chi connectivity index (χ2v) is 5.73. The molecule has 1 aliphatic carbocycles. The van der Waals surface area contributed by atoms with E-state index in [-0.39, 0.29) is 5.92 Å². The molecule has 0 spiro atoms. The van der Waals surface area contributed by atoms with Gasteiger partial charge in [-0.15, -0.1) is 0 Å². The third-order valence-electron chi connectivity index (χ3n) is 4.29. The van der Waals surface area contributed by atoms with Gasteiger partial charge in [0.15, 0.2) is 11.5 Å². The Hall–Kier alpha value is -2.69. The van der Waals surface area contributed by atoms with Gasteiger partial charge < -0.3 is 19.5 Å². The van der Waals surface area contributed by atoms with Crippen molar-refractivity contribution < 1.29 is 19.0 Å². The summed E-state index contributed by atoms with van der Waals surface area (Å²) in [5.41, 5.74) is 2.45. The van der Waals surface area contributed by atoms with Gasteiger partial charge in [0.25, 0.3) is 0 Å². The number of hydrogen-bond acceptors (Lipinski definition) is 4. The van der Waals surface area contributed by atoms with E-state index in [1.807, 2.05) is 30.3 Å². The Morgan fingerprint density at radius 3 is 2.54 bits per heavy atom. The zero-order valence-corrected chi connectivity index (χ0v) is 13.9. The summed E-state index contributed by atoms with van der Waals surface area (Å²) in [7, 11) is 3.27. The molecule has 2 aromatic rings. The summed E-state index contributed by atoms with van der Waals surface area (Å²) in [6, 6.07) is 13.1. The molecule has 0 aromatic heterocycles. The number of amides is 1. The molecule has 1 aliphatic rings. The van der Waals surface area contributed by atoms with Crippen molar-refractivity contribution in [1.29, 1.82) is 0 Å². The van der Waals surface area contributed by atoms with Gasteiger partial charge in [-0.05, 0) is 48.2 Å². The predicted molar refractivity (Wildman–Crippen MR) is 91.1 cm³/mol. The second-order valence-electron chi connectivity index (χ2n) is 5.73. The van der Waals surface area contributed by atoms with Crippen LogP contribution in [0.2, 0.25) is 0 Å². The lowest BCUT2D eigenvalue weighted by Gasteiger charge is -2.15. The molecule has 3 rings (SSSR count). The fraction of sp³-hybridized carbons (Fsp3) is 0.316. The Bertz CT molecular complexity index is 715. The summed E-state index contributed by atoms with van der Waals surface area (Å²) in [5.74, 6) is 2.25. The molecular formula is C19H21NO4. The molecule has 1 N–H and O–H groups in total. The van der Waals surface area contributed by atoms with Gasteiger partial charge in [-0.3, -0.25) is 0 Å². The number of carbonyl (C=O) groups is 1. The van der Waals surface area contributed by atoms with Gasteiger partial charge in [0.1, 0.15) is 5.75 Å². The Labute approximate surface area is 141 Å². The first-order chi connectivity index (χ1) is 11.7. The van der Waals surface area contributed by atoms with E-state index in [9.17, 15) is 4.79 Å². The Morgan fingerprint density at radius 1 is 1.12 bits per heavy atom. The number of hydrogen-bond donors (Lipinski definition) is 1. The molecule has 5 heteroatoms. The van der Waals surface area contributed by atoms with Crippen molar-refractivity contribution in [2.24, 2.45) is 0 Å². The molecule has 0 heterocycles. The molecule has 0 radical (unpaired) electrons. The van der Waals surface area contributed by atoms with Crippen LogP contribution in [0.15, 0.2) is 42.5 Å². The number of fused-ring (bicyclic) bond motifs is 1. The maximum atomic E-state index is 11.9. The lowest BCUT2D eigenvalue weighted by atomic mass is 10.0. The molecule has 1 amide bonds. The Morgan fingerprint density at radius 2 is 1.83 bits per heavy atom. The average Bonchev–Trinajstić information content (AvgIpc) is 3.01. The van der Waals surface area contributed by atoms with Crippen molar-refractivity contribution in [1.82, 2.24) is 5.32 Å². The molecule has 126 valence electrons. The van der Waals surface area contributed by atoms with Crippen molar-refractivity contribution in [3.05, 3.63) is 53.6 Å². The smallest absolute Gasteiger partial charge is 0.412 e. The van der Waals surface area contributed by atoms with E-state index in [2.05, 4.69) is 5.32 Å². The van der Waals surface area contributed by atoms with Crippen molar-refractivity contribution in [3.8, 4) is 17.2 Å². The summed E-state index contributed by atoms with van der Waals surface area (Å²) >= 11 is 0. The summed E-state index contributed by atoms with van der Waals surface area (Å²) < 4.78 is 16.0. The number of carbonyl (C=O) groups excluding carboxylic acids is 1. The maximum Gasteiger partial charge on any atom is 0.412 e. The molecule has 0 saturated heterocycles. The molecule has 2 aromatic carbocycles. The van der Waals surface area contributed by atoms with E-state index in [0.29, 0.717) is 12.3 Å². The Balaban J connectivity index is 1.63. The molecule has 0 bridgehead atoms. The van der Waals surface area contributed by atoms with E-state index in [1.165, 1.54) is 11.1 Å². The van der Waals surface area contributed by atoms with Crippen LogP contribution in [0.4, 0.5) is 4.79 Å². The minimum absolute atomic E-state index is 0.253. The summed E-state index contributed by atoms with van der Waals surface area (Å²) in [6.45, 7) is 0.536. The predicted octanol–water partition coefficient (Wildman–Crippen LogP) is 3.52. The van der Waals surface area contributed by atoms with E-state index in [4.69, 9.17) is 14.2 Å². The zero-order chi connectivity index (χ0) is 16.9. The highest BCUT2D eigenvalue weighted by Crippen LogP contribution is 2.40. The third kappa shape index (κ3) is 3.45. The van der Waals surface area contributed by atoms with Gasteiger partial charge in [-0.1, -0.05) is 18.2 Å².